The molecule has 2 heterocycles. The largest absolute Gasteiger partial charge is 0.507 e. The van der Waals surface area contributed by atoms with Crippen LogP contribution in [0.5, 0.6) is 5.75 Å². The fraction of sp³-hybridized carbons (Fsp3) is 0. The van der Waals surface area contributed by atoms with Crippen molar-refractivity contribution in [3.8, 4) is 5.75 Å². The van der Waals surface area contributed by atoms with Crippen LogP contribution in [0.1, 0.15) is 15.9 Å². The van der Waals surface area contributed by atoms with E-state index in [9.17, 15) is 9.90 Å². The molecule has 6 nitrogen and oxygen atoms in total. The third-order valence-electron chi connectivity index (χ3n) is 3.84. The highest BCUT2D eigenvalue weighted by atomic mass is 79.9. The number of halogens is 1. The first kappa shape index (κ1) is 15.5. The van der Waals surface area contributed by atoms with Crippen LogP contribution in [0.4, 0.5) is 0 Å². The molecule has 7 heteroatoms. The van der Waals surface area contributed by atoms with Gasteiger partial charge in [0.1, 0.15) is 5.75 Å². The van der Waals surface area contributed by atoms with E-state index in [-0.39, 0.29) is 17.1 Å². The maximum atomic E-state index is 12.4. The van der Waals surface area contributed by atoms with Crippen molar-refractivity contribution in [2.75, 3.05) is 0 Å². The van der Waals surface area contributed by atoms with Crippen LogP contribution in [0.25, 0.3) is 22.6 Å². The van der Waals surface area contributed by atoms with Gasteiger partial charge in [0.15, 0.2) is 11.4 Å². The van der Waals surface area contributed by atoms with Crippen LogP contribution in [-0.4, -0.2) is 30.9 Å². The van der Waals surface area contributed by atoms with E-state index in [1.165, 1.54) is 12.1 Å². The number of ketones is 1. The zero-order chi connectivity index (χ0) is 17.4. The monoisotopic (exact) mass is 394 g/mol. The Morgan fingerprint density at radius 2 is 2.00 bits per heavy atom. The number of tetrazole rings is 1. The van der Waals surface area contributed by atoms with E-state index in [1.54, 1.807) is 22.7 Å². The molecule has 0 aliphatic rings. The lowest BCUT2D eigenvalue weighted by atomic mass is 10.1. The Kier molecular flexibility index (Phi) is 3.77. The van der Waals surface area contributed by atoms with Crippen molar-refractivity contribution >= 4 is 44.3 Å². The van der Waals surface area contributed by atoms with E-state index in [0.29, 0.717) is 11.2 Å². The minimum absolute atomic E-state index is 0.0642. The molecule has 122 valence electrons. The van der Waals surface area contributed by atoms with E-state index >= 15 is 0 Å². The number of hydrogen-bond donors (Lipinski definition) is 1. The third-order valence-corrected chi connectivity index (χ3v) is 4.34. The molecule has 0 aliphatic carbocycles. The average Bonchev–Trinajstić information content (AvgIpc) is 3.11. The number of fused-ring (bicyclic) bond motifs is 3. The summed E-state index contributed by atoms with van der Waals surface area (Å²) in [5.41, 5.74) is 2.38. The third kappa shape index (κ3) is 2.78. The first-order valence-corrected chi connectivity index (χ1v) is 8.23. The molecule has 0 spiro atoms. The lowest BCUT2D eigenvalue weighted by Gasteiger charge is -2.03. The molecule has 0 fully saturated rings. The number of phenols is 1. The number of pyridine rings is 1. The Balaban J connectivity index is 1.79. The van der Waals surface area contributed by atoms with E-state index in [4.69, 9.17) is 0 Å². The molecule has 1 N–H and O–H groups in total. The van der Waals surface area contributed by atoms with Crippen molar-refractivity contribution in [1.29, 1.82) is 0 Å². The minimum Gasteiger partial charge on any atom is -0.507 e. The lowest BCUT2D eigenvalue weighted by Crippen LogP contribution is -1.96. The Labute approximate surface area is 150 Å². The first-order valence-electron chi connectivity index (χ1n) is 7.44. The standard InChI is InChI=1S/C18H11BrN4O2/c19-13-6-8-17(25)14(10-13)16(24)7-5-12-9-11-3-1-2-4-15(11)23-18(12)20-21-22-23/h1-10,25H/b7-5+. The molecule has 0 unspecified atom stereocenters. The van der Waals surface area contributed by atoms with Gasteiger partial charge in [-0.2, -0.15) is 4.52 Å². The SMILES string of the molecule is O=C(/C=C/c1cc2ccccc2n2nnnc12)c1cc(Br)ccc1O. The van der Waals surface area contributed by atoms with E-state index in [1.807, 2.05) is 30.3 Å². The number of carbonyl (C=O) groups is 1. The highest BCUT2D eigenvalue weighted by Crippen LogP contribution is 2.24. The number of phenolic OH excluding ortho intramolecular Hbond substituents is 1. The predicted octanol–water partition coefficient (Wildman–Crippen LogP) is 3.64. The maximum Gasteiger partial charge on any atom is 0.189 e. The fourth-order valence-electron chi connectivity index (χ4n) is 2.65. The van der Waals surface area contributed by atoms with Crippen molar-refractivity contribution < 1.29 is 9.90 Å². The number of aromatic hydroxyl groups is 1. The number of aromatic nitrogens is 4. The summed E-state index contributed by atoms with van der Waals surface area (Å²) in [6.07, 6.45) is 3.06. The molecular weight excluding hydrogens is 384 g/mol. The van der Waals surface area contributed by atoms with Crippen LogP contribution in [0.3, 0.4) is 0 Å². The van der Waals surface area contributed by atoms with Crippen molar-refractivity contribution in [3.05, 3.63) is 70.2 Å². The highest BCUT2D eigenvalue weighted by molar-refractivity contribution is 9.10. The lowest BCUT2D eigenvalue weighted by molar-refractivity contribution is 0.104. The summed E-state index contributed by atoms with van der Waals surface area (Å²) in [6.45, 7) is 0. The molecular formula is C18H11BrN4O2. The average molecular weight is 395 g/mol. The van der Waals surface area contributed by atoms with Crippen LogP contribution in [-0.2, 0) is 0 Å². The molecule has 4 rings (SSSR count). The van der Waals surface area contributed by atoms with Gasteiger partial charge in [-0.1, -0.05) is 34.1 Å². The van der Waals surface area contributed by atoms with Gasteiger partial charge in [-0.05, 0) is 52.9 Å². The maximum absolute atomic E-state index is 12.4. The van der Waals surface area contributed by atoms with Crippen LogP contribution in [0.15, 0.2) is 59.1 Å². The number of para-hydroxylation sites is 1. The number of rotatable bonds is 3. The number of hydrogen-bond acceptors (Lipinski definition) is 5. The van der Waals surface area contributed by atoms with Crippen molar-refractivity contribution in [1.82, 2.24) is 20.0 Å². The molecule has 0 atom stereocenters. The topological polar surface area (TPSA) is 80.4 Å². The molecule has 0 saturated heterocycles. The molecule has 0 saturated carbocycles. The molecule has 0 amide bonds. The zero-order valence-electron chi connectivity index (χ0n) is 12.8. The minimum atomic E-state index is -0.308. The number of nitrogens with zero attached hydrogens (tertiary/aromatic N) is 4. The summed E-state index contributed by atoms with van der Waals surface area (Å²) in [6, 6.07) is 14.4. The van der Waals surface area contributed by atoms with E-state index in [0.717, 1.165) is 15.4 Å². The fourth-order valence-corrected chi connectivity index (χ4v) is 3.01. The molecule has 25 heavy (non-hydrogen) atoms. The van der Waals surface area contributed by atoms with Crippen molar-refractivity contribution in [2.24, 2.45) is 0 Å². The molecule has 4 aromatic rings. The molecule has 2 aromatic carbocycles. The van der Waals surface area contributed by atoms with E-state index in [2.05, 4.69) is 31.5 Å². The van der Waals surface area contributed by atoms with E-state index < -0.39 is 0 Å². The Morgan fingerprint density at radius 3 is 2.88 bits per heavy atom. The van der Waals surface area contributed by atoms with Gasteiger partial charge in [-0.25, -0.2) is 0 Å². The summed E-state index contributed by atoms with van der Waals surface area (Å²) in [5.74, 6) is -0.372. The number of carbonyl (C=O) groups excluding carboxylic acids is 1. The van der Waals surface area contributed by atoms with Gasteiger partial charge in [0.25, 0.3) is 0 Å². The van der Waals surface area contributed by atoms with Crippen molar-refractivity contribution in [2.45, 2.75) is 0 Å². The highest BCUT2D eigenvalue weighted by Gasteiger charge is 2.11. The van der Waals surface area contributed by atoms with Crippen LogP contribution >= 0.6 is 15.9 Å². The molecule has 0 bridgehead atoms. The first-order chi connectivity index (χ1) is 12.1. The van der Waals surface area contributed by atoms with Gasteiger partial charge >= 0.3 is 0 Å². The molecule has 2 aromatic heterocycles. The van der Waals surface area contributed by atoms with Gasteiger partial charge in [-0.15, -0.1) is 5.10 Å². The summed E-state index contributed by atoms with van der Waals surface area (Å²) in [5, 5.41) is 22.6. The normalized spacial score (nSPS) is 11.6. The number of benzene rings is 2. The van der Waals surface area contributed by atoms with Crippen molar-refractivity contribution in [3.63, 3.8) is 0 Å². The van der Waals surface area contributed by atoms with Crippen LogP contribution in [0.2, 0.25) is 0 Å². The molecule has 0 aliphatic heterocycles. The number of allylic oxidation sites excluding steroid dienone is 1. The van der Waals surface area contributed by atoms with Gasteiger partial charge in [0.05, 0.1) is 11.1 Å². The second-order valence-electron chi connectivity index (χ2n) is 5.43. The van der Waals surface area contributed by atoms with Crippen LogP contribution in [0, 0.1) is 0 Å². The second-order valence-corrected chi connectivity index (χ2v) is 6.35. The second kappa shape index (κ2) is 6.10. The Morgan fingerprint density at radius 1 is 1.16 bits per heavy atom. The Bertz CT molecular complexity index is 1150. The summed E-state index contributed by atoms with van der Waals surface area (Å²) >= 11 is 3.30. The quantitative estimate of drug-likeness (QED) is 0.423. The Hall–Kier alpha value is -3.06. The predicted molar refractivity (Wildman–Crippen MR) is 97.5 cm³/mol. The van der Waals surface area contributed by atoms with Gasteiger partial charge in [0, 0.05) is 15.4 Å². The zero-order valence-corrected chi connectivity index (χ0v) is 14.4. The van der Waals surface area contributed by atoms with Gasteiger partial charge < -0.3 is 5.11 Å². The van der Waals surface area contributed by atoms with Crippen LogP contribution < -0.4 is 0 Å². The summed E-state index contributed by atoms with van der Waals surface area (Å²) in [7, 11) is 0. The van der Waals surface area contributed by atoms with Gasteiger partial charge in [-0.3, -0.25) is 4.79 Å². The van der Waals surface area contributed by atoms with Gasteiger partial charge in [0.2, 0.25) is 0 Å². The summed E-state index contributed by atoms with van der Waals surface area (Å²) < 4.78 is 2.35. The molecule has 0 radical (unpaired) electrons. The smallest absolute Gasteiger partial charge is 0.189 e. The summed E-state index contributed by atoms with van der Waals surface area (Å²) in [4.78, 5) is 12.4.